The van der Waals surface area contributed by atoms with Gasteiger partial charge < -0.3 is 9.73 Å². The summed E-state index contributed by atoms with van der Waals surface area (Å²) in [6, 6.07) is 8.05. The zero-order valence-electron chi connectivity index (χ0n) is 13.1. The largest absolute Gasteiger partial charge is 0.411 e. The normalized spacial score (nSPS) is 25.1. The van der Waals surface area contributed by atoms with E-state index in [9.17, 15) is 4.79 Å². The number of rotatable bonds is 5. The molecule has 1 heterocycles. The van der Waals surface area contributed by atoms with Gasteiger partial charge in [0.15, 0.2) is 0 Å². The lowest BCUT2D eigenvalue weighted by Crippen LogP contribution is -2.39. The number of nitrogens with one attached hydrogen (secondary N) is 1. The molecular formula is C17H18BrN3O2S. The van der Waals surface area contributed by atoms with Gasteiger partial charge >= 0.3 is 0 Å². The zero-order chi connectivity index (χ0) is 16.5. The number of benzene rings is 1. The summed E-state index contributed by atoms with van der Waals surface area (Å²) in [4.78, 5) is 12.1. The molecule has 2 aliphatic carbocycles. The summed E-state index contributed by atoms with van der Waals surface area (Å²) >= 11 is 4.69. The molecule has 0 spiro atoms. The second-order valence-electron chi connectivity index (χ2n) is 6.52. The molecule has 2 saturated carbocycles. The number of halogens is 1. The summed E-state index contributed by atoms with van der Waals surface area (Å²) in [5.74, 6) is 2.36. The summed E-state index contributed by atoms with van der Waals surface area (Å²) < 4.78 is 6.62. The van der Waals surface area contributed by atoms with Gasteiger partial charge in [0.2, 0.25) is 11.8 Å². The standard InChI is InChI=1S/C17H18BrN3O2S/c18-13-5-3-11(4-6-13)16-20-21-17(23-16)24-9-15(22)19-14-8-10-1-2-12(14)7-10/h3-6,10,12,14H,1-2,7-9H2,(H,19,22)/t10-,12-,14+/m0/s1. The molecule has 0 unspecified atom stereocenters. The Morgan fingerprint density at radius 1 is 1.25 bits per heavy atom. The highest BCUT2D eigenvalue weighted by Gasteiger charge is 2.40. The lowest BCUT2D eigenvalue weighted by Gasteiger charge is -2.22. The van der Waals surface area contributed by atoms with E-state index in [2.05, 4.69) is 31.4 Å². The molecule has 0 radical (unpaired) electrons. The van der Waals surface area contributed by atoms with E-state index in [4.69, 9.17) is 4.42 Å². The first-order valence-electron chi connectivity index (χ1n) is 8.19. The average molecular weight is 408 g/mol. The summed E-state index contributed by atoms with van der Waals surface area (Å²) in [7, 11) is 0. The van der Waals surface area contributed by atoms with Gasteiger partial charge in [-0.15, -0.1) is 10.2 Å². The molecule has 2 fully saturated rings. The monoisotopic (exact) mass is 407 g/mol. The minimum absolute atomic E-state index is 0.0564. The summed E-state index contributed by atoms with van der Waals surface area (Å²) in [6.07, 6.45) is 5.04. The van der Waals surface area contributed by atoms with Crippen LogP contribution in [-0.2, 0) is 4.79 Å². The number of aromatic nitrogens is 2. The summed E-state index contributed by atoms with van der Waals surface area (Å²) in [6.45, 7) is 0. The Balaban J connectivity index is 1.30. The Morgan fingerprint density at radius 2 is 2.08 bits per heavy atom. The third-order valence-electron chi connectivity index (χ3n) is 4.91. The van der Waals surface area contributed by atoms with Crippen LogP contribution in [0.15, 0.2) is 38.4 Å². The molecule has 1 aromatic carbocycles. The van der Waals surface area contributed by atoms with Crippen molar-refractivity contribution in [2.24, 2.45) is 11.8 Å². The fraction of sp³-hybridized carbons (Fsp3) is 0.471. The maximum absolute atomic E-state index is 12.1. The molecule has 1 aromatic heterocycles. The van der Waals surface area contributed by atoms with Crippen LogP contribution in [0, 0.1) is 11.8 Å². The first kappa shape index (κ1) is 16.1. The predicted octanol–water partition coefficient (Wildman–Crippen LogP) is 3.90. The highest BCUT2D eigenvalue weighted by molar-refractivity contribution is 9.10. The molecule has 1 N–H and O–H groups in total. The molecule has 2 aliphatic rings. The Bertz CT molecular complexity index is 734. The molecule has 2 bridgehead atoms. The van der Waals surface area contributed by atoms with E-state index in [1.165, 1.54) is 31.0 Å². The van der Waals surface area contributed by atoms with Crippen molar-refractivity contribution in [1.29, 1.82) is 0 Å². The molecule has 3 atom stereocenters. The summed E-state index contributed by atoms with van der Waals surface area (Å²) in [5.41, 5.74) is 0.865. The van der Waals surface area contributed by atoms with Crippen LogP contribution in [0.2, 0.25) is 0 Å². The third-order valence-corrected chi connectivity index (χ3v) is 6.26. The number of amides is 1. The highest BCUT2D eigenvalue weighted by Crippen LogP contribution is 2.44. The van der Waals surface area contributed by atoms with Gasteiger partial charge in [0.25, 0.3) is 5.22 Å². The Hall–Kier alpha value is -1.34. The number of carbonyl (C=O) groups excluding carboxylic acids is 1. The molecule has 2 aromatic rings. The van der Waals surface area contributed by atoms with Gasteiger partial charge in [-0.3, -0.25) is 4.79 Å². The Labute approximate surface area is 153 Å². The van der Waals surface area contributed by atoms with Crippen LogP contribution in [0.3, 0.4) is 0 Å². The van der Waals surface area contributed by atoms with Gasteiger partial charge in [-0.05, 0) is 55.4 Å². The molecule has 0 saturated heterocycles. The van der Waals surface area contributed by atoms with Crippen LogP contribution in [0.25, 0.3) is 11.5 Å². The van der Waals surface area contributed by atoms with E-state index in [0.29, 0.717) is 28.8 Å². The van der Waals surface area contributed by atoms with E-state index in [1.54, 1.807) is 0 Å². The van der Waals surface area contributed by atoms with Crippen molar-refractivity contribution in [3.05, 3.63) is 28.7 Å². The van der Waals surface area contributed by atoms with E-state index >= 15 is 0 Å². The molecule has 4 rings (SSSR count). The average Bonchev–Trinajstić information content (AvgIpc) is 3.30. The molecule has 5 nitrogen and oxygen atoms in total. The quantitative estimate of drug-likeness (QED) is 0.761. The van der Waals surface area contributed by atoms with E-state index in [0.717, 1.165) is 22.4 Å². The number of carbonyl (C=O) groups is 1. The van der Waals surface area contributed by atoms with E-state index < -0.39 is 0 Å². The van der Waals surface area contributed by atoms with Crippen LogP contribution >= 0.6 is 27.7 Å². The van der Waals surface area contributed by atoms with Gasteiger partial charge in [-0.25, -0.2) is 0 Å². The van der Waals surface area contributed by atoms with Crippen molar-refractivity contribution >= 4 is 33.6 Å². The van der Waals surface area contributed by atoms with Crippen LogP contribution in [-0.4, -0.2) is 27.9 Å². The number of hydrogen-bond donors (Lipinski definition) is 1. The van der Waals surface area contributed by atoms with E-state index in [1.807, 2.05) is 24.3 Å². The molecule has 0 aliphatic heterocycles. The molecule has 24 heavy (non-hydrogen) atoms. The number of hydrogen-bond acceptors (Lipinski definition) is 5. The van der Waals surface area contributed by atoms with Gasteiger partial charge in [-0.1, -0.05) is 34.1 Å². The van der Waals surface area contributed by atoms with Crippen LogP contribution < -0.4 is 5.32 Å². The van der Waals surface area contributed by atoms with Crippen LogP contribution in [0.1, 0.15) is 25.7 Å². The smallest absolute Gasteiger partial charge is 0.277 e. The second kappa shape index (κ2) is 6.88. The Kier molecular flexibility index (Phi) is 4.63. The van der Waals surface area contributed by atoms with Crippen molar-refractivity contribution in [3.8, 4) is 11.5 Å². The fourth-order valence-electron chi connectivity index (χ4n) is 3.77. The predicted molar refractivity (Wildman–Crippen MR) is 95.5 cm³/mol. The number of nitrogens with zero attached hydrogens (tertiary/aromatic N) is 2. The maximum Gasteiger partial charge on any atom is 0.277 e. The SMILES string of the molecule is O=C(CSc1nnc(-c2ccc(Br)cc2)o1)N[C@@H]1C[C@H]2CC[C@H]1C2. The highest BCUT2D eigenvalue weighted by atomic mass is 79.9. The second-order valence-corrected chi connectivity index (χ2v) is 8.36. The molecular weight excluding hydrogens is 390 g/mol. The van der Waals surface area contributed by atoms with Crippen LogP contribution in [0.4, 0.5) is 0 Å². The fourth-order valence-corrected chi connectivity index (χ4v) is 4.61. The van der Waals surface area contributed by atoms with Crippen molar-refractivity contribution < 1.29 is 9.21 Å². The maximum atomic E-state index is 12.1. The van der Waals surface area contributed by atoms with Crippen molar-refractivity contribution in [3.63, 3.8) is 0 Å². The third kappa shape index (κ3) is 3.52. The van der Waals surface area contributed by atoms with Gasteiger partial charge in [0.05, 0.1) is 5.75 Å². The van der Waals surface area contributed by atoms with Gasteiger partial charge in [-0.2, -0.15) is 0 Å². The number of thioether (sulfide) groups is 1. The first-order valence-corrected chi connectivity index (χ1v) is 9.97. The van der Waals surface area contributed by atoms with Crippen molar-refractivity contribution in [2.75, 3.05) is 5.75 Å². The minimum atomic E-state index is 0.0564. The van der Waals surface area contributed by atoms with Crippen LogP contribution in [0.5, 0.6) is 0 Å². The number of fused-ring (bicyclic) bond motifs is 2. The topological polar surface area (TPSA) is 68.0 Å². The molecule has 126 valence electrons. The molecule has 1 amide bonds. The lowest BCUT2D eigenvalue weighted by atomic mass is 9.95. The van der Waals surface area contributed by atoms with Crippen molar-refractivity contribution in [2.45, 2.75) is 36.9 Å². The Morgan fingerprint density at radius 3 is 2.79 bits per heavy atom. The van der Waals surface area contributed by atoms with E-state index in [-0.39, 0.29) is 5.91 Å². The zero-order valence-corrected chi connectivity index (χ0v) is 15.5. The minimum Gasteiger partial charge on any atom is -0.411 e. The lowest BCUT2D eigenvalue weighted by molar-refractivity contribution is -0.119. The molecule has 7 heteroatoms. The summed E-state index contributed by atoms with van der Waals surface area (Å²) in [5, 5.41) is 11.7. The van der Waals surface area contributed by atoms with Crippen molar-refractivity contribution in [1.82, 2.24) is 15.5 Å². The van der Waals surface area contributed by atoms with Gasteiger partial charge in [0.1, 0.15) is 0 Å². The first-order chi connectivity index (χ1) is 11.7. The van der Waals surface area contributed by atoms with Gasteiger partial charge in [0, 0.05) is 16.1 Å².